The van der Waals surface area contributed by atoms with Crippen molar-refractivity contribution in [1.82, 2.24) is 19.1 Å². The van der Waals surface area contributed by atoms with E-state index in [1.807, 2.05) is 19.9 Å². The molecule has 0 saturated carbocycles. The molecule has 0 radical (unpaired) electrons. The van der Waals surface area contributed by atoms with Gasteiger partial charge in [-0.3, -0.25) is 4.79 Å². The number of rotatable bonds is 7. The lowest BCUT2D eigenvalue weighted by molar-refractivity contribution is -0.119. The van der Waals surface area contributed by atoms with E-state index in [9.17, 15) is 18.0 Å². The Hall–Kier alpha value is -3.61. The van der Waals surface area contributed by atoms with E-state index < -0.39 is 28.5 Å². The lowest BCUT2D eigenvalue weighted by Crippen LogP contribution is -2.40. The van der Waals surface area contributed by atoms with Crippen molar-refractivity contribution in [2.75, 3.05) is 38.2 Å². The lowest BCUT2D eigenvalue weighted by Gasteiger charge is -2.26. The molecule has 35 heavy (non-hydrogen) atoms. The number of nitrogens with one attached hydrogen (secondary N) is 1. The van der Waals surface area contributed by atoms with E-state index in [0.717, 1.165) is 11.4 Å². The maximum atomic E-state index is 12.7. The summed E-state index contributed by atoms with van der Waals surface area (Å²) in [6.07, 6.45) is 1.36. The number of morpholine rings is 1. The highest BCUT2D eigenvalue weighted by Crippen LogP contribution is 2.19. The Morgan fingerprint density at radius 1 is 1.09 bits per heavy atom. The average molecular weight is 500 g/mol. The molecule has 1 amide bonds. The molecule has 184 valence electrons. The smallest absolute Gasteiger partial charge is 0.340 e. The first-order valence-electron chi connectivity index (χ1n) is 10.9. The van der Waals surface area contributed by atoms with Crippen LogP contribution in [0.15, 0.2) is 53.6 Å². The molecule has 0 unspecified atom stereocenters. The quantitative estimate of drug-likeness (QED) is 0.486. The summed E-state index contributed by atoms with van der Waals surface area (Å²) in [4.78, 5) is 28.8. The molecule has 3 heterocycles. The van der Waals surface area contributed by atoms with E-state index in [-0.39, 0.29) is 10.5 Å². The molecule has 0 atom stereocenters. The third-order valence-electron chi connectivity index (χ3n) is 5.29. The number of esters is 1. The fourth-order valence-electron chi connectivity index (χ4n) is 3.55. The van der Waals surface area contributed by atoms with Crippen LogP contribution < -0.4 is 5.32 Å². The Balaban J connectivity index is 1.30. The van der Waals surface area contributed by atoms with Crippen molar-refractivity contribution in [2.24, 2.45) is 0 Å². The van der Waals surface area contributed by atoms with Crippen LogP contribution in [-0.4, -0.2) is 72.3 Å². The molecule has 1 aromatic carbocycles. The number of carbonyl (C=O) groups excluding carboxylic acids is 2. The normalized spacial score (nSPS) is 14.5. The first-order valence-corrected chi connectivity index (χ1v) is 12.3. The highest BCUT2D eigenvalue weighted by molar-refractivity contribution is 7.89. The lowest BCUT2D eigenvalue weighted by atomic mass is 10.3. The molecule has 12 heteroatoms. The van der Waals surface area contributed by atoms with Gasteiger partial charge in [0.1, 0.15) is 0 Å². The van der Waals surface area contributed by atoms with E-state index in [4.69, 9.17) is 9.47 Å². The molecular weight excluding hydrogens is 474 g/mol. The molecule has 1 fully saturated rings. The zero-order chi connectivity index (χ0) is 25.0. The van der Waals surface area contributed by atoms with E-state index in [1.54, 1.807) is 16.8 Å². The number of aromatic nitrogens is 3. The number of hydrogen-bond donors (Lipinski definition) is 1. The van der Waals surface area contributed by atoms with Crippen molar-refractivity contribution < 1.29 is 27.5 Å². The number of aryl methyl sites for hydroxylation is 2. The molecule has 4 rings (SSSR count). The van der Waals surface area contributed by atoms with Crippen molar-refractivity contribution in [3.05, 3.63) is 65.6 Å². The second-order valence-corrected chi connectivity index (χ2v) is 9.85. The van der Waals surface area contributed by atoms with Gasteiger partial charge in [-0.15, -0.1) is 0 Å². The summed E-state index contributed by atoms with van der Waals surface area (Å²) in [6, 6.07) is 10.9. The van der Waals surface area contributed by atoms with Crippen LogP contribution in [-0.2, 0) is 24.3 Å². The van der Waals surface area contributed by atoms with Crippen LogP contribution in [0.3, 0.4) is 0 Å². The Kier molecular flexibility index (Phi) is 7.24. The molecule has 3 aromatic rings. The second-order valence-electron chi connectivity index (χ2n) is 7.91. The maximum Gasteiger partial charge on any atom is 0.340 e. The molecule has 1 aliphatic heterocycles. The summed E-state index contributed by atoms with van der Waals surface area (Å²) >= 11 is 0. The van der Waals surface area contributed by atoms with Gasteiger partial charge in [0.05, 0.1) is 29.4 Å². The van der Waals surface area contributed by atoms with Crippen LogP contribution in [0.4, 0.5) is 5.69 Å². The molecule has 0 bridgehead atoms. The Labute approximate surface area is 202 Å². The van der Waals surface area contributed by atoms with Gasteiger partial charge in [-0.05, 0) is 56.3 Å². The molecule has 1 aliphatic rings. The number of carbonyl (C=O) groups is 2. The third-order valence-corrected chi connectivity index (χ3v) is 7.20. The fourth-order valence-corrected chi connectivity index (χ4v) is 4.96. The fraction of sp³-hybridized carbons (Fsp3) is 0.304. The summed E-state index contributed by atoms with van der Waals surface area (Å²) in [5.41, 5.74) is 2.34. The minimum Gasteiger partial charge on any atom is -0.452 e. The molecule has 2 aromatic heterocycles. The molecular formula is C23H25N5O6S. The minimum absolute atomic E-state index is 0.125. The SMILES string of the molecule is Cc1cc(C)n(-c2ccc(C(=O)OCC(=O)Nc3ccc(S(=O)(=O)N4CCOCC4)cc3)cn2)n1. The summed E-state index contributed by atoms with van der Waals surface area (Å²) in [6.45, 7) is 4.58. The van der Waals surface area contributed by atoms with E-state index >= 15 is 0 Å². The number of amides is 1. The summed E-state index contributed by atoms with van der Waals surface area (Å²) in [5.74, 6) is -0.696. The van der Waals surface area contributed by atoms with E-state index in [0.29, 0.717) is 37.8 Å². The number of nitrogens with zero attached hydrogens (tertiary/aromatic N) is 4. The van der Waals surface area contributed by atoms with Crippen LogP contribution >= 0.6 is 0 Å². The zero-order valence-corrected chi connectivity index (χ0v) is 20.1. The van der Waals surface area contributed by atoms with Crippen molar-refractivity contribution in [3.8, 4) is 5.82 Å². The Morgan fingerprint density at radius 2 is 1.80 bits per heavy atom. The number of ether oxygens (including phenoxy) is 2. The number of pyridine rings is 1. The van der Waals surface area contributed by atoms with Gasteiger partial charge in [-0.25, -0.2) is 22.9 Å². The highest BCUT2D eigenvalue weighted by Gasteiger charge is 2.26. The van der Waals surface area contributed by atoms with Crippen molar-refractivity contribution in [3.63, 3.8) is 0 Å². The number of sulfonamides is 1. The monoisotopic (exact) mass is 499 g/mol. The summed E-state index contributed by atoms with van der Waals surface area (Å²) < 4.78 is 38.6. The van der Waals surface area contributed by atoms with Gasteiger partial charge in [-0.1, -0.05) is 0 Å². The molecule has 11 nitrogen and oxygen atoms in total. The molecule has 0 aliphatic carbocycles. The number of benzene rings is 1. The van der Waals surface area contributed by atoms with Gasteiger partial charge in [0, 0.05) is 30.7 Å². The van der Waals surface area contributed by atoms with Crippen LogP contribution in [0.25, 0.3) is 5.82 Å². The van der Waals surface area contributed by atoms with Crippen LogP contribution in [0.1, 0.15) is 21.7 Å². The zero-order valence-electron chi connectivity index (χ0n) is 19.3. The van der Waals surface area contributed by atoms with Crippen LogP contribution in [0.2, 0.25) is 0 Å². The standard InChI is InChI=1S/C23H25N5O6S/c1-16-13-17(2)28(26-16)21-8-3-18(14-24-21)23(30)34-15-22(29)25-19-4-6-20(7-5-19)35(31,32)27-9-11-33-12-10-27/h3-8,13-14H,9-12,15H2,1-2H3,(H,25,29). The van der Waals surface area contributed by atoms with Gasteiger partial charge in [-0.2, -0.15) is 9.40 Å². The first-order chi connectivity index (χ1) is 16.7. The molecule has 0 spiro atoms. The topological polar surface area (TPSA) is 133 Å². The molecule has 1 N–H and O–H groups in total. The third kappa shape index (κ3) is 5.73. The molecule has 1 saturated heterocycles. The van der Waals surface area contributed by atoms with Crippen LogP contribution in [0.5, 0.6) is 0 Å². The van der Waals surface area contributed by atoms with Gasteiger partial charge in [0.2, 0.25) is 10.0 Å². The Bertz CT molecular complexity index is 1310. The van der Waals surface area contributed by atoms with Gasteiger partial charge < -0.3 is 14.8 Å². The van der Waals surface area contributed by atoms with E-state index in [1.165, 1.54) is 34.8 Å². The van der Waals surface area contributed by atoms with Gasteiger partial charge in [0.15, 0.2) is 12.4 Å². The Morgan fingerprint density at radius 3 is 2.40 bits per heavy atom. The maximum absolute atomic E-state index is 12.7. The largest absolute Gasteiger partial charge is 0.452 e. The highest BCUT2D eigenvalue weighted by atomic mass is 32.2. The second kappa shape index (κ2) is 10.3. The first kappa shape index (κ1) is 24.5. The summed E-state index contributed by atoms with van der Waals surface area (Å²) in [7, 11) is -3.62. The predicted molar refractivity (Wildman–Crippen MR) is 126 cm³/mol. The number of anilines is 1. The predicted octanol–water partition coefficient (Wildman–Crippen LogP) is 1.70. The van der Waals surface area contributed by atoms with Crippen molar-refractivity contribution >= 4 is 27.6 Å². The minimum atomic E-state index is -3.62. The summed E-state index contributed by atoms with van der Waals surface area (Å²) in [5, 5.41) is 6.92. The average Bonchev–Trinajstić information content (AvgIpc) is 3.21. The van der Waals surface area contributed by atoms with Crippen LogP contribution in [0, 0.1) is 13.8 Å². The van der Waals surface area contributed by atoms with Gasteiger partial charge >= 0.3 is 5.97 Å². The van der Waals surface area contributed by atoms with Crippen molar-refractivity contribution in [1.29, 1.82) is 0 Å². The van der Waals surface area contributed by atoms with Crippen molar-refractivity contribution in [2.45, 2.75) is 18.7 Å². The van der Waals surface area contributed by atoms with E-state index in [2.05, 4.69) is 15.4 Å². The van der Waals surface area contributed by atoms with Gasteiger partial charge in [0.25, 0.3) is 5.91 Å². The number of hydrogen-bond acceptors (Lipinski definition) is 8.